The van der Waals surface area contributed by atoms with Gasteiger partial charge >= 0.3 is 18.0 Å². The lowest BCUT2D eigenvalue weighted by molar-refractivity contribution is -0.356. The lowest BCUT2D eigenvalue weighted by atomic mass is 9.78. The number of carboxylic acid groups (broad SMARTS) is 1. The van der Waals surface area contributed by atoms with Crippen molar-refractivity contribution in [1.82, 2.24) is 4.90 Å². The van der Waals surface area contributed by atoms with E-state index in [4.69, 9.17) is 57.8 Å². The molecule has 0 aromatic heterocycles. The van der Waals surface area contributed by atoms with Gasteiger partial charge in [0, 0.05) is 24.4 Å². The minimum atomic E-state index is -1.87. The second-order valence-corrected chi connectivity index (χ2v) is 21.2. The third-order valence-corrected chi connectivity index (χ3v) is 15.5. The number of carboxylic acids is 1. The summed E-state index contributed by atoms with van der Waals surface area (Å²) < 4.78 is 64.1. The third kappa shape index (κ3) is 17.9. The summed E-state index contributed by atoms with van der Waals surface area (Å²) in [5.74, 6) is -2.16. The van der Waals surface area contributed by atoms with Crippen LogP contribution in [0, 0.1) is 29.6 Å². The Morgan fingerprint density at radius 3 is 1.77 bits per heavy atom. The summed E-state index contributed by atoms with van der Waals surface area (Å²) in [6.45, 7) is 11.5. The van der Waals surface area contributed by atoms with E-state index in [1.165, 1.54) is 12.0 Å². The number of nitrogens with two attached hydrogens (primary N) is 1. The van der Waals surface area contributed by atoms with E-state index in [2.05, 4.69) is 20.8 Å². The standard InChI is InChI=1S/C41H53NO9.C17H31NO12/c1-27-28(2)35(25-46-23-33-18-12-8-13-19-33)49-40(29(27)3)50-36-30(4)37(38(43)45-6)51-39(31(36)5)48-26-42(22-32-16-10-7-11-17-32)41(44)47-24-34-20-14-9-15-21-34;18-4-2-1-3-5-27-16-12(24)13(11(23)14(30-16)15(25)26)29-17-10(22)9(21)8(20)7(6-19)28-17/h7-21,27-31,35-37,39-40H,22-26H2,1-6H3;7-14,16-17,19-24H,1-6,18H2,(H,25,26)/t27-,28+,29?,30+,31?,35?,36-,37?,39-,40-;7?,8-,9-,10?,11+,12?,13-,14?,16-,17-/m00/s1. The molecule has 452 valence electrons. The fraction of sp³-hybridized carbons (Fsp3) is 0.638. The molecular weight excluding hydrogens is 1060 g/mol. The summed E-state index contributed by atoms with van der Waals surface area (Å²) in [4.78, 5) is 39.4. The molecule has 4 aliphatic rings. The van der Waals surface area contributed by atoms with Gasteiger partial charge in [-0.1, -0.05) is 126 Å². The molecule has 0 spiro atoms. The molecular formula is C58H84N2O21. The number of aliphatic carboxylic acids is 1. The molecule has 20 atom stereocenters. The lowest BCUT2D eigenvalue weighted by Crippen LogP contribution is -2.65. The Morgan fingerprint density at radius 1 is 0.568 bits per heavy atom. The molecule has 0 radical (unpaired) electrons. The van der Waals surface area contributed by atoms with Gasteiger partial charge in [0.25, 0.3) is 0 Å². The molecule has 7 rings (SSSR count). The zero-order chi connectivity index (χ0) is 58.8. The number of ether oxygens (including phenoxy) is 11. The van der Waals surface area contributed by atoms with Crippen LogP contribution in [0.15, 0.2) is 91.0 Å². The van der Waals surface area contributed by atoms with Crippen LogP contribution >= 0.6 is 0 Å². The maximum Gasteiger partial charge on any atom is 0.412 e. The van der Waals surface area contributed by atoms with Crippen molar-refractivity contribution in [1.29, 1.82) is 0 Å². The van der Waals surface area contributed by atoms with Crippen LogP contribution in [0.3, 0.4) is 0 Å². The Bertz CT molecular complexity index is 2310. The molecule has 4 heterocycles. The monoisotopic (exact) mass is 1140 g/mol. The van der Waals surface area contributed by atoms with Crippen molar-refractivity contribution in [3.8, 4) is 0 Å². The predicted molar refractivity (Wildman–Crippen MR) is 287 cm³/mol. The Kier molecular flexibility index (Phi) is 26.1. The maximum absolute atomic E-state index is 13.4. The van der Waals surface area contributed by atoms with Crippen LogP contribution < -0.4 is 5.73 Å². The summed E-state index contributed by atoms with van der Waals surface area (Å²) in [5, 5.41) is 69.2. The van der Waals surface area contributed by atoms with E-state index >= 15 is 0 Å². The van der Waals surface area contributed by atoms with Crippen molar-refractivity contribution >= 4 is 18.0 Å². The molecule has 0 aliphatic carbocycles. The van der Waals surface area contributed by atoms with Gasteiger partial charge in [0.15, 0.2) is 37.4 Å². The molecule has 23 heteroatoms. The number of aliphatic hydroxyl groups is 6. The van der Waals surface area contributed by atoms with Crippen LogP contribution in [0.4, 0.5) is 4.79 Å². The SMILES string of the molecule is COC(=O)C1O[C@H](OCN(Cc2ccccc2)C(=O)OCc2ccccc2)C(C)[C@@H](O[C@@H]2OC(COCc3ccccc3)[C@H](C)[C@H](C)C2C)[C@H]1C.NCCCCCO[C@H]1OC(C(=O)O)[C@H](O)[C@H](O[C@@H]2OC(CO)[C@H](O)[C@H](O)C2O)C1O. The smallest absolute Gasteiger partial charge is 0.412 e. The molecule has 3 aromatic rings. The number of carbonyl (C=O) groups excluding carboxylic acids is 2. The molecule has 81 heavy (non-hydrogen) atoms. The summed E-state index contributed by atoms with van der Waals surface area (Å²) >= 11 is 0. The van der Waals surface area contributed by atoms with Gasteiger partial charge in [-0.15, -0.1) is 0 Å². The minimum absolute atomic E-state index is 0.0734. The number of rotatable bonds is 24. The second kappa shape index (κ2) is 32.3. The van der Waals surface area contributed by atoms with E-state index in [1.807, 2.05) is 105 Å². The molecule has 1 amide bonds. The van der Waals surface area contributed by atoms with Crippen molar-refractivity contribution in [3.05, 3.63) is 108 Å². The fourth-order valence-electron chi connectivity index (χ4n) is 10.1. The fourth-order valence-corrected chi connectivity index (χ4v) is 10.1. The highest BCUT2D eigenvalue weighted by molar-refractivity contribution is 5.75. The third-order valence-electron chi connectivity index (χ3n) is 15.5. The van der Waals surface area contributed by atoms with Gasteiger partial charge in [-0.3, -0.25) is 4.90 Å². The number of esters is 1. The highest BCUT2D eigenvalue weighted by atomic mass is 16.7. The molecule has 23 nitrogen and oxygen atoms in total. The van der Waals surface area contributed by atoms with E-state index in [0.717, 1.165) is 29.5 Å². The molecule has 4 saturated heterocycles. The quantitative estimate of drug-likeness (QED) is 0.0363. The Labute approximate surface area is 473 Å². The van der Waals surface area contributed by atoms with Crippen molar-refractivity contribution in [3.63, 3.8) is 0 Å². The van der Waals surface area contributed by atoms with Gasteiger partial charge in [0.2, 0.25) is 0 Å². The number of methoxy groups -OCH3 is 1. The van der Waals surface area contributed by atoms with Gasteiger partial charge < -0.3 is 93.6 Å². The number of amides is 1. The largest absolute Gasteiger partial charge is 0.479 e. The summed E-state index contributed by atoms with van der Waals surface area (Å²) in [5.41, 5.74) is 8.29. The highest BCUT2D eigenvalue weighted by Gasteiger charge is 2.53. The molecule has 8 unspecified atom stereocenters. The Balaban J connectivity index is 0.000000300. The number of carbonyl (C=O) groups is 3. The molecule has 9 N–H and O–H groups in total. The average molecular weight is 1150 g/mol. The Morgan fingerprint density at radius 2 is 1.16 bits per heavy atom. The first-order chi connectivity index (χ1) is 38.9. The van der Waals surface area contributed by atoms with E-state index in [0.29, 0.717) is 26.2 Å². The summed E-state index contributed by atoms with van der Waals surface area (Å²) in [6.07, 6.45) is -18.1. The number of hydrogen-bond donors (Lipinski definition) is 8. The van der Waals surface area contributed by atoms with Crippen LogP contribution in [0.5, 0.6) is 0 Å². The van der Waals surface area contributed by atoms with Gasteiger partial charge in [-0.05, 0) is 54.3 Å². The highest BCUT2D eigenvalue weighted by Crippen LogP contribution is 2.41. The number of aliphatic hydroxyl groups excluding tert-OH is 6. The number of unbranched alkanes of at least 4 members (excludes halogenated alkanes) is 2. The van der Waals surface area contributed by atoms with Crippen molar-refractivity contribution < 1.29 is 102 Å². The number of hydrogen-bond acceptors (Lipinski definition) is 21. The molecule has 4 aliphatic heterocycles. The summed E-state index contributed by atoms with van der Waals surface area (Å²) in [6, 6.07) is 29.2. The van der Waals surface area contributed by atoms with Crippen LogP contribution in [0.2, 0.25) is 0 Å². The topological polar surface area (TPSA) is 324 Å². The van der Waals surface area contributed by atoms with E-state index in [-0.39, 0.29) is 62.2 Å². The van der Waals surface area contributed by atoms with Crippen molar-refractivity contribution in [2.24, 2.45) is 35.3 Å². The summed E-state index contributed by atoms with van der Waals surface area (Å²) in [7, 11) is 1.34. The van der Waals surface area contributed by atoms with E-state index in [1.54, 1.807) is 0 Å². The van der Waals surface area contributed by atoms with E-state index in [9.17, 15) is 50.1 Å². The van der Waals surface area contributed by atoms with Gasteiger partial charge in [-0.2, -0.15) is 0 Å². The van der Waals surface area contributed by atoms with Crippen LogP contribution in [-0.2, 0) is 81.5 Å². The average Bonchev–Trinajstić information content (AvgIpc) is 3.58. The second-order valence-electron chi connectivity index (χ2n) is 21.2. The van der Waals surface area contributed by atoms with Crippen molar-refractivity contribution in [2.45, 2.75) is 166 Å². The van der Waals surface area contributed by atoms with Gasteiger partial charge in [-0.25, -0.2) is 14.4 Å². The minimum Gasteiger partial charge on any atom is -0.479 e. The molecule has 4 fully saturated rings. The van der Waals surface area contributed by atoms with Crippen molar-refractivity contribution in [2.75, 3.05) is 40.2 Å². The molecule has 0 bridgehead atoms. The van der Waals surface area contributed by atoms with E-state index < -0.39 is 111 Å². The normalized spacial score (nSPS) is 34.0. The number of nitrogens with zero attached hydrogens (tertiary/aromatic N) is 1. The molecule has 0 saturated carbocycles. The van der Waals surface area contributed by atoms with Crippen LogP contribution in [0.1, 0.15) is 70.6 Å². The molecule has 3 aromatic carbocycles. The lowest BCUT2D eigenvalue weighted by Gasteiger charge is -2.48. The van der Waals surface area contributed by atoms with Gasteiger partial charge in [0.1, 0.15) is 56.1 Å². The first-order valence-corrected chi connectivity index (χ1v) is 27.7. The zero-order valence-corrected chi connectivity index (χ0v) is 46.9. The van der Waals surface area contributed by atoms with Gasteiger partial charge in [0.05, 0.1) is 45.7 Å². The number of benzene rings is 3. The first-order valence-electron chi connectivity index (χ1n) is 27.7. The first kappa shape index (κ1) is 65.4. The van der Waals surface area contributed by atoms with Crippen LogP contribution in [-0.4, -0.2) is 191 Å². The Hall–Kier alpha value is -4.77. The maximum atomic E-state index is 13.4. The predicted octanol–water partition coefficient (Wildman–Crippen LogP) is 3.05. The zero-order valence-electron chi connectivity index (χ0n) is 46.9. The van der Waals surface area contributed by atoms with Crippen LogP contribution in [0.25, 0.3) is 0 Å².